The molecule has 0 aliphatic rings. The summed E-state index contributed by atoms with van der Waals surface area (Å²) >= 11 is 6.33. The largest absolute Gasteiger partial charge is 0.493 e. The molecule has 0 spiro atoms. The molecule has 0 aromatic heterocycles. The van der Waals surface area contributed by atoms with Gasteiger partial charge in [0.2, 0.25) is 0 Å². The molecule has 0 heterocycles. The summed E-state index contributed by atoms with van der Waals surface area (Å²) in [5.74, 6) is 1.50. The summed E-state index contributed by atoms with van der Waals surface area (Å²) in [5.41, 5.74) is 1.42. The van der Waals surface area contributed by atoms with Gasteiger partial charge in [-0.1, -0.05) is 26.8 Å². The van der Waals surface area contributed by atoms with Crippen molar-refractivity contribution < 1.29 is 9.47 Å². The van der Waals surface area contributed by atoms with Crippen LogP contribution in [0.4, 0.5) is 0 Å². The minimum absolute atomic E-state index is 0.148. The van der Waals surface area contributed by atoms with Gasteiger partial charge in [0, 0.05) is 18.5 Å². The van der Waals surface area contributed by atoms with E-state index in [1.165, 1.54) is 0 Å². The van der Waals surface area contributed by atoms with Crippen LogP contribution in [0, 0.1) is 5.41 Å². The lowest BCUT2D eigenvalue weighted by atomic mass is 9.90. The molecule has 3 nitrogen and oxygen atoms in total. The molecule has 0 amide bonds. The second-order valence-corrected chi connectivity index (χ2v) is 6.80. The van der Waals surface area contributed by atoms with Crippen LogP contribution in [0.3, 0.4) is 0 Å². The van der Waals surface area contributed by atoms with E-state index >= 15 is 0 Å². The smallest absolute Gasteiger partial charge is 0.161 e. The highest BCUT2D eigenvalue weighted by molar-refractivity contribution is 6.20. The summed E-state index contributed by atoms with van der Waals surface area (Å²) in [7, 11) is 3.29. The molecule has 4 heteroatoms. The Balaban J connectivity index is 2.46. The zero-order chi connectivity index (χ0) is 15.2. The second-order valence-electron chi connectivity index (χ2n) is 6.18. The van der Waals surface area contributed by atoms with Gasteiger partial charge >= 0.3 is 0 Å². The van der Waals surface area contributed by atoms with Gasteiger partial charge in [-0.2, -0.15) is 0 Å². The summed E-state index contributed by atoms with van der Waals surface area (Å²) < 4.78 is 10.5. The molecule has 20 heavy (non-hydrogen) atoms. The average molecular weight is 300 g/mol. The lowest BCUT2D eigenvalue weighted by molar-refractivity contribution is 0.354. The SMILES string of the molecule is COc1ccc(CNCC(Cl)CC(C)(C)C)cc1OC. The number of ether oxygens (including phenoxy) is 2. The summed E-state index contributed by atoms with van der Waals surface area (Å²) in [4.78, 5) is 0. The van der Waals surface area contributed by atoms with E-state index < -0.39 is 0 Å². The van der Waals surface area contributed by atoms with Gasteiger partial charge in [-0.05, 0) is 29.5 Å². The third-order valence-corrected chi connectivity index (χ3v) is 3.29. The molecule has 114 valence electrons. The van der Waals surface area contributed by atoms with E-state index in [1.807, 2.05) is 18.2 Å². The Labute approximate surface area is 127 Å². The fraction of sp³-hybridized carbons (Fsp3) is 0.625. The number of hydrogen-bond acceptors (Lipinski definition) is 3. The van der Waals surface area contributed by atoms with E-state index in [2.05, 4.69) is 26.1 Å². The molecule has 1 atom stereocenters. The minimum Gasteiger partial charge on any atom is -0.493 e. The Kier molecular flexibility index (Phi) is 6.63. The molecule has 0 fully saturated rings. The minimum atomic E-state index is 0.148. The standard InChI is InChI=1S/C16H26ClNO2/c1-16(2,3)9-13(17)11-18-10-12-6-7-14(19-4)15(8-12)20-5/h6-8,13,18H,9-11H2,1-5H3. The van der Waals surface area contributed by atoms with Crippen molar-refractivity contribution in [1.29, 1.82) is 0 Å². The first-order valence-corrected chi connectivity index (χ1v) is 7.35. The van der Waals surface area contributed by atoms with E-state index in [1.54, 1.807) is 14.2 Å². The van der Waals surface area contributed by atoms with Crippen molar-refractivity contribution in [3.05, 3.63) is 23.8 Å². The Hall–Kier alpha value is -0.930. The van der Waals surface area contributed by atoms with Crippen molar-refractivity contribution in [2.75, 3.05) is 20.8 Å². The van der Waals surface area contributed by atoms with Gasteiger partial charge in [0.25, 0.3) is 0 Å². The van der Waals surface area contributed by atoms with Crippen LogP contribution in [0.2, 0.25) is 0 Å². The molecule has 0 aliphatic heterocycles. The first-order valence-electron chi connectivity index (χ1n) is 6.91. The summed E-state index contributed by atoms with van der Waals surface area (Å²) in [5, 5.41) is 3.53. The molecule has 1 aromatic rings. The topological polar surface area (TPSA) is 30.5 Å². The van der Waals surface area contributed by atoms with Crippen molar-refractivity contribution >= 4 is 11.6 Å². The van der Waals surface area contributed by atoms with Crippen molar-refractivity contribution in [3.8, 4) is 11.5 Å². The molecular weight excluding hydrogens is 274 g/mol. The Morgan fingerprint density at radius 3 is 2.35 bits per heavy atom. The van der Waals surface area contributed by atoms with E-state index in [4.69, 9.17) is 21.1 Å². The van der Waals surface area contributed by atoms with Gasteiger partial charge in [-0.3, -0.25) is 0 Å². The lowest BCUT2D eigenvalue weighted by Crippen LogP contribution is -2.26. The zero-order valence-electron chi connectivity index (χ0n) is 13.1. The van der Waals surface area contributed by atoms with Gasteiger partial charge in [-0.15, -0.1) is 11.6 Å². The highest BCUT2D eigenvalue weighted by atomic mass is 35.5. The van der Waals surface area contributed by atoms with Crippen LogP contribution in [-0.2, 0) is 6.54 Å². The number of nitrogens with one attached hydrogen (secondary N) is 1. The average Bonchev–Trinajstić information content (AvgIpc) is 2.36. The van der Waals surface area contributed by atoms with E-state index in [0.717, 1.165) is 36.6 Å². The highest BCUT2D eigenvalue weighted by Gasteiger charge is 2.16. The quantitative estimate of drug-likeness (QED) is 0.776. The molecule has 0 saturated carbocycles. The van der Waals surface area contributed by atoms with Crippen LogP contribution < -0.4 is 14.8 Å². The van der Waals surface area contributed by atoms with Crippen LogP contribution in [0.25, 0.3) is 0 Å². The Morgan fingerprint density at radius 2 is 1.80 bits per heavy atom. The first kappa shape index (κ1) is 17.1. The number of halogens is 1. The summed E-state index contributed by atoms with van der Waals surface area (Å²) in [6, 6.07) is 5.93. The van der Waals surface area contributed by atoms with E-state index in [-0.39, 0.29) is 10.8 Å². The third kappa shape index (κ3) is 6.02. The molecule has 0 saturated heterocycles. The molecular formula is C16H26ClNO2. The maximum absolute atomic E-state index is 6.33. The predicted molar refractivity (Wildman–Crippen MR) is 85.0 cm³/mol. The Bertz CT molecular complexity index is 415. The van der Waals surface area contributed by atoms with Crippen LogP contribution >= 0.6 is 11.6 Å². The van der Waals surface area contributed by atoms with Crippen LogP contribution in [-0.4, -0.2) is 26.1 Å². The molecule has 1 N–H and O–H groups in total. The molecule has 1 rings (SSSR count). The van der Waals surface area contributed by atoms with Gasteiger partial charge < -0.3 is 14.8 Å². The molecule has 1 aromatic carbocycles. The predicted octanol–water partition coefficient (Wildman–Crippen LogP) is 3.84. The van der Waals surface area contributed by atoms with E-state index in [0.29, 0.717) is 0 Å². The van der Waals surface area contributed by atoms with Crippen molar-refractivity contribution in [3.63, 3.8) is 0 Å². The summed E-state index contributed by atoms with van der Waals surface area (Å²) in [6.07, 6.45) is 0.994. The maximum atomic E-state index is 6.33. The molecule has 0 radical (unpaired) electrons. The van der Waals surface area contributed by atoms with Gasteiger partial charge in [-0.25, -0.2) is 0 Å². The fourth-order valence-electron chi connectivity index (χ4n) is 2.10. The number of hydrogen-bond donors (Lipinski definition) is 1. The second kappa shape index (κ2) is 7.75. The summed E-state index contributed by atoms with van der Waals surface area (Å²) in [6.45, 7) is 8.19. The number of rotatable bonds is 7. The maximum Gasteiger partial charge on any atom is 0.161 e. The van der Waals surface area contributed by atoms with E-state index in [9.17, 15) is 0 Å². The molecule has 0 aliphatic carbocycles. The highest BCUT2D eigenvalue weighted by Crippen LogP contribution is 2.27. The number of benzene rings is 1. The molecule has 1 unspecified atom stereocenters. The van der Waals surface area contributed by atoms with Gasteiger partial charge in [0.15, 0.2) is 11.5 Å². The van der Waals surface area contributed by atoms with Crippen LogP contribution in [0.1, 0.15) is 32.8 Å². The van der Waals surface area contributed by atoms with Crippen molar-refractivity contribution in [1.82, 2.24) is 5.32 Å². The molecule has 0 bridgehead atoms. The first-order chi connectivity index (χ1) is 9.35. The number of alkyl halides is 1. The zero-order valence-corrected chi connectivity index (χ0v) is 13.9. The van der Waals surface area contributed by atoms with Gasteiger partial charge in [0.1, 0.15) is 0 Å². The number of methoxy groups -OCH3 is 2. The Morgan fingerprint density at radius 1 is 1.15 bits per heavy atom. The lowest BCUT2D eigenvalue weighted by Gasteiger charge is -2.22. The normalized spacial score (nSPS) is 13.1. The monoisotopic (exact) mass is 299 g/mol. The van der Waals surface area contributed by atoms with Gasteiger partial charge in [0.05, 0.1) is 14.2 Å². The third-order valence-electron chi connectivity index (χ3n) is 2.98. The van der Waals surface area contributed by atoms with Crippen molar-refractivity contribution in [2.45, 2.75) is 39.1 Å². The fourth-order valence-corrected chi connectivity index (χ4v) is 2.67. The van der Waals surface area contributed by atoms with Crippen LogP contribution in [0.15, 0.2) is 18.2 Å². The van der Waals surface area contributed by atoms with Crippen molar-refractivity contribution in [2.24, 2.45) is 5.41 Å². The van der Waals surface area contributed by atoms with Crippen LogP contribution in [0.5, 0.6) is 11.5 Å².